The number of halogens is 3. The standard InChI is InChI=1S/C17H23F3N4O2/c18-13-1-2-14(16(20)15(13)19)21-17(25)24-7-5-22(6-8-24)3-4-23-9-11-26-12-10-23/h1-2H,3-12H2,(H,21,25). The summed E-state index contributed by atoms with van der Waals surface area (Å²) in [5.74, 6) is -4.26. The molecular weight excluding hydrogens is 349 g/mol. The van der Waals surface area contributed by atoms with Crippen molar-refractivity contribution in [3.8, 4) is 0 Å². The first kappa shape index (κ1) is 18.9. The Kier molecular flexibility index (Phi) is 6.33. The molecule has 2 aliphatic heterocycles. The summed E-state index contributed by atoms with van der Waals surface area (Å²) in [5, 5.41) is 2.31. The van der Waals surface area contributed by atoms with Crippen molar-refractivity contribution in [3.05, 3.63) is 29.6 Å². The van der Waals surface area contributed by atoms with E-state index in [1.807, 2.05) is 0 Å². The summed E-state index contributed by atoms with van der Waals surface area (Å²) in [6.45, 7) is 7.77. The van der Waals surface area contributed by atoms with Gasteiger partial charge in [-0.25, -0.2) is 18.0 Å². The lowest BCUT2D eigenvalue weighted by atomic mass is 10.2. The molecule has 0 unspecified atom stereocenters. The molecule has 6 nitrogen and oxygen atoms in total. The lowest BCUT2D eigenvalue weighted by Gasteiger charge is -2.36. The smallest absolute Gasteiger partial charge is 0.322 e. The monoisotopic (exact) mass is 372 g/mol. The number of hydrogen-bond acceptors (Lipinski definition) is 4. The van der Waals surface area contributed by atoms with E-state index in [9.17, 15) is 18.0 Å². The molecule has 0 saturated carbocycles. The number of anilines is 1. The van der Waals surface area contributed by atoms with Crippen LogP contribution in [-0.2, 0) is 4.74 Å². The minimum Gasteiger partial charge on any atom is -0.379 e. The first-order chi connectivity index (χ1) is 12.5. The van der Waals surface area contributed by atoms with Crippen LogP contribution in [0.4, 0.5) is 23.7 Å². The van der Waals surface area contributed by atoms with Crippen molar-refractivity contribution in [1.29, 1.82) is 0 Å². The quantitative estimate of drug-likeness (QED) is 0.816. The molecule has 1 aromatic rings. The summed E-state index contributed by atoms with van der Waals surface area (Å²) in [6.07, 6.45) is 0. The number of urea groups is 1. The molecule has 2 heterocycles. The highest BCUT2D eigenvalue weighted by Crippen LogP contribution is 2.20. The van der Waals surface area contributed by atoms with Crippen LogP contribution in [0.25, 0.3) is 0 Å². The highest BCUT2D eigenvalue weighted by Gasteiger charge is 2.23. The molecule has 0 radical (unpaired) electrons. The summed E-state index contributed by atoms with van der Waals surface area (Å²) in [7, 11) is 0. The number of nitrogens with one attached hydrogen (secondary N) is 1. The molecule has 0 atom stereocenters. The van der Waals surface area contributed by atoms with Crippen molar-refractivity contribution in [2.45, 2.75) is 0 Å². The number of carbonyl (C=O) groups excluding carboxylic acids is 1. The summed E-state index contributed by atoms with van der Waals surface area (Å²) in [6, 6.07) is 1.30. The molecule has 2 fully saturated rings. The Morgan fingerprint density at radius 3 is 2.19 bits per heavy atom. The van der Waals surface area contributed by atoms with Gasteiger partial charge in [0.1, 0.15) is 0 Å². The van der Waals surface area contributed by atoms with E-state index >= 15 is 0 Å². The highest BCUT2D eigenvalue weighted by atomic mass is 19.2. The van der Waals surface area contributed by atoms with Crippen molar-refractivity contribution in [2.75, 3.05) is 70.9 Å². The normalized spacial score (nSPS) is 19.6. The maximum Gasteiger partial charge on any atom is 0.322 e. The average Bonchev–Trinajstić information content (AvgIpc) is 2.68. The van der Waals surface area contributed by atoms with Gasteiger partial charge in [0.25, 0.3) is 0 Å². The topological polar surface area (TPSA) is 48.1 Å². The van der Waals surface area contributed by atoms with E-state index in [0.29, 0.717) is 13.1 Å². The van der Waals surface area contributed by atoms with Gasteiger partial charge in [-0.15, -0.1) is 0 Å². The number of benzene rings is 1. The molecule has 1 N–H and O–H groups in total. The third kappa shape index (κ3) is 4.66. The lowest BCUT2D eigenvalue weighted by Crippen LogP contribution is -2.52. The molecule has 2 saturated heterocycles. The third-order valence-electron chi connectivity index (χ3n) is 4.77. The maximum atomic E-state index is 13.7. The van der Waals surface area contributed by atoms with E-state index in [2.05, 4.69) is 15.1 Å². The predicted molar refractivity (Wildman–Crippen MR) is 90.6 cm³/mol. The molecule has 1 aromatic carbocycles. The van der Waals surface area contributed by atoms with Crippen LogP contribution < -0.4 is 5.32 Å². The van der Waals surface area contributed by atoms with Crippen molar-refractivity contribution < 1.29 is 22.7 Å². The van der Waals surface area contributed by atoms with E-state index in [1.54, 1.807) is 4.90 Å². The summed E-state index contributed by atoms with van der Waals surface area (Å²) >= 11 is 0. The number of morpholine rings is 1. The number of amides is 2. The Hall–Kier alpha value is -1.84. The van der Waals surface area contributed by atoms with Gasteiger partial charge in [0.15, 0.2) is 17.5 Å². The minimum atomic E-state index is -1.59. The molecular formula is C17H23F3N4O2. The van der Waals surface area contributed by atoms with Crippen LogP contribution in [0.5, 0.6) is 0 Å². The van der Waals surface area contributed by atoms with E-state index in [4.69, 9.17) is 4.74 Å². The second kappa shape index (κ2) is 8.70. The van der Waals surface area contributed by atoms with Crippen LogP contribution in [-0.4, -0.2) is 86.3 Å². The van der Waals surface area contributed by atoms with Crippen LogP contribution in [0.15, 0.2) is 12.1 Å². The van der Waals surface area contributed by atoms with Gasteiger partial charge in [-0.1, -0.05) is 0 Å². The zero-order chi connectivity index (χ0) is 18.5. The Bertz CT molecular complexity index is 633. The number of carbonyl (C=O) groups is 1. The van der Waals surface area contributed by atoms with Crippen LogP contribution in [0, 0.1) is 17.5 Å². The molecule has 2 amide bonds. The van der Waals surface area contributed by atoms with Crippen LogP contribution >= 0.6 is 0 Å². The number of piperazine rings is 1. The molecule has 9 heteroatoms. The molecule has 26 heavy (non-hydrogen) atoms. The number of ether oxygens (including phenoxy) is 1. The zero-order valence-corrected chi connectivity index (χ0v) is 14.5. The average molecular weight is 372 g/mol. The van der Waals surface area contributed by atoms with Crippen molar-refractivity contribution in [3.63, 3.8) is 0 Å². The first-order valence-corrected chi connectivity index (χ1v) is 8.76. The van der Waals surface area contributed by atoms with Gasteiger partial charge >= 0.3 is 6.03 Å². The van der Waals surface area contributed by atoms with Crippen LogP contribution in [0.2, 0.25) is 0 Å². The summed E-state index contributed by atoms with van der Waals surface area (Å²) < 4.78 is 45.2. The molecule has 0 aromatic heterocycles. The molecule has 2 aliphatic rings. The maximum absolute atomic E-state index is 13.7. The fourth-order valence-corrected chi connectivity index (χ4v) is 3.10. The predicted octanol–water partition coefficient (Wildman–Crippen LogP) is 1.59. The molecule has 144 valence electrons. The molecule has 3 rings (SSSR count). The number of hydrogen-bond donors (Lipinski definition) is 1. The number of rotatable bonds is 4. The summed E-state index contributed by atoms with van der Waals surface area (Å²) in [4.78, 5) is 18.4. The zero-order valence-electron chi connectivity index (χ0n) is 14.5. The van der Waals surface area contributed by atoms with E-state index < -0.39 is 23.5 Å². The van der Waals surface area contributed by atoms with Gasteiger partial charge < -0.3 is 15.0 Å². The Morgan fingerprint density at radius 2 is 1.54 bits per heavy atom. The van der Waals surface area contributed by atoms with Gasteiger partial charge in [-0.2, -0.15) is 0 Å². The van der Waals surface area contributed by atoms with E-state index in [-0.39, 0.29) is 5.69 Å². The fourth-order valence-electron chi connectivity index (χ4n) is 3.10. The van der Waals surface area contributed by atoms with Gasteiger partial charge in [0.05, 0.1) is 18.9 Å². The summed E-state index contributed by atoms with van der Waals surface area (Å²) in [5.41, 5.74) is -0.358. The van der Waals surface area contributed by atoms with Crippen molar-refractivity contribution in [1.82, 2.24) is 14.7 Å². The van der Waals surface area contributed by atoms with Crippen molar-refractivity contribution >= 4 is 11.7 Å². The van der Waals surface area contributed by atoms with Gasteiger partial charge in [0.2, 0.25) is 0 Å². The van der Waals surface area contributed by atoms with E-state index in [0.717, 1.165) is 64.6 Å². The third-order valence-corrected chi connectivity index (χ3v) is 4.77. The molecule has 0 spiro atoms. The van der Waals surface area contributed by atoms with Gasteiger partial charge in [-0.3, -0.25) is 9.80 Å². The second-order valence-electron chi connectivity index (χ2n) is 6.44. The van der Waals surface area contributed by atoms with E-state index in [1.165, 1.54) is 0 Å². The van der Waals surface area contributed by atoms with Gasteiger partial charge in [-0.05, 0) is 12.1 Å². The largest absolute Gasteiger partial charge is 0.379 e. The van der Waals surface area contributed by atoms with Crippen LogP contribution in [0.1, 0.15) is 0 Å². The number of nitrogens with zero attached hydrogens (tertiary/aromatic N) is 3. The Balaban J connectivity index is 1.44. The Labute approximate surface area is 150 Å². The van der Waals surface area contributed by atoms with Gasteiger partial charge in [0, 0.05) is 52.4 Å². The van der Waals surface area contributed by atoms with Crippen LogP contribution in [0.3, 0.4) is 0 Å². The minimum absolute atomic E-state index is 0.358. The Morgan fingerprint density at radius 1 is 0.923 bits per heavy atom. The first-order valence-electron chi connectivity index (χ1n) is 8.76. The van der Waals surface area contributed by atoms with Crippen molar-refractivity contribution in [2.24, 2.45) is 0 Å². The molecule has 0 aliphatic carbocycles. The second-order valence-corrected chi connectivity index (χ2v) is 6.44. The SMILES string of the molecule is O=C(Nc1ccc(F)c(F)c1F)N1CCN(CCN2CCOCC2)CC1. The highest BCUT2D eigenvalue weighted by molar-refractivity contribution is 5.89. The fraction of sp³-hybridized carbons (Fsp3) is 0.588. The molecule has 0 bridgehead atoms. The lowest BCUT2D eigenvalue weighted by molar-refractivity contribution is 0.0311.